The van der Waals surface area contributed by atoms with Crippen LogP contribution >= 0.6 is 0 Å². The number of nitrogens with zero attached hydrogens (tertiary/aromatic N) is 2. The molecule has 0 unspecified atom stereocenters. The Balaban J connectivity index is 0.000000288. The van der Waals surface area contributed by atoms with Gasteiger partial charge in [-0.1, -0.05) is 76.1 Å². The van der Waals surface area contributed by atoms with Crippen molar-refractivity contribution in [3.8, 4) is 22.6 Å². The van der Waals surface area contributed by atoms with Crippen LogP contribution < -0.4 is 4.74 Å². The van der Waals surface area contributed by atoms with Gasteiger partial charge in [0.1, 0.15) is 11.5 Å². The summed E-state index contributed by atoms with van der Waals surface area (Å²) in [7, 11) is 0. The van der Waals surface area contributed by atoms with Crippen LogP contribution in [0.2, 0.25) is 0 Å². The number of nitro benzene ring substituents is 2. The lowest BCUT2D eigenvalue weighted by Crippen LogP contribution is -2.02. The largest absolute Gasteiger partial charge is 0.508 e. The summed E-state index contributed by atoms with van der Waals surface area (Å²) in [6.07, 6.45) is 10.6. The van der Waals surface area contributed by atoms with E-state index in [9.17, 15) is 34.9 Å². The Kier molecular flexibility index (Phi) is 17.7. The second kappa shape index (κ2) is 21.6. The van der Waals surface area contributed by atoms with Gasteiger partial charge in [0.25, 0.3) is 11.4 Å². The molecule has 0 amide bonds. The number of ketones is 1. The maximum Gasteiger partial charge on any atom is 0.336 e. The number of phenols is 1. The van der Waals surface area contributed by atoms with Crippen LogP contribution in [-0.2, 0) is 0 Å². The van der Waals surface area contributed by atoms with E-state index < -0.39 is 15.8 Å². The fraction of sp³-hybridized carbons (Fsp3) is 0.366. The Morgan fingerprint density at radius 2 is 1.06 bits per heavy atom. The van der Waals surface area contributed by atoms with E-state index in [1.165, 1.54) is 64.0 Å². The lowest BCUT2D eigenvalue weighted by atomic mass is 10.0. The first kappa shape index (κ1) is 42.6. The Hall–Kier alpha value is -5.58. The van der Waals surface area contributed by atoms with Crippen molar-refractivity contribution in [1.29, 1.82) is 0 Å². The molecule has 0 aromatic heterocycles. The van der Waals surface area contributed by atoms with Crippen LogP contribution in [0.1, 0.15) is 108 Å². The summed E-state index contributed by atoms with van der Waals surface area (Å²) < 4.78 is 5.82. The number of ether oxygens (including phenoxy) is 1. The van der Waals surface area contributed by atoms with Crippen LogP contribution in [-0.4, -0.2) is 38.4 Å². The first-order chi connectivity index (χ1) is 24.7. The van der Waals surface area contributed by atoms with Crippen LogP contribution in [0.25, 0.3) is 11.1 Å². The fourth-order valence-corrected chi connectivity index (χ4v) is 5.51. The van der Waals surface area contributed by atoms with E-state index in [2.05, 4.69) is 19.1 Å². The fourth-order valence-electron chi connectivity index (χ4n) is 5.51. The number of aryl methyl sites for hydroxylation is 4. The summed E-state index contributed by atoms with van der Waals surface area (Å²) in [5.41, 5.74) is 4.83. The number of carbonyl (C=O) groups excluding carboxylic acids is 1. The van der Waals surface area contributed by atoms with Crippen LogP contribution in [0.3, 0.4) is 0 Å². The van der Waals surface area contributed by atoms with Crippen LogP contribution in [0, 0.1) is 47.9 Å². The van der Waals surface area contributed by atoms with Gasteiger partial charge < -0.3 is 14.9 Å². The molecule has 0 aliphatic carbocycles. The SMILES string of the molecule is CC(=O)c1cc([N+](=O)[O-])c(C)cc1C.CCCCCCCCCCOc1ccc(-c2ccc(O)cc2)cc1.Cc1cc(C)c([N+](=O)[O-])cc1C(=O)O. The van der Waals surface area contributed by atoms with Crippen molar-refractivity contribution in [1.82, 2.24) is 0 Å². The van der Waals surface area contributed by atoms with Gasteiger partial charge in [-0.05, 0) is 99.7 Å². The van der Waals surface area contributed by atoms with Crippen molar-refractivity contribution < 1.29 is 34.4 Å². The molecule has 0 bridgehead atoms. The normalized spacial score (nSPS) is 10.3. The first-order valence-corrected chi connectivity index (χ1v) is 17.4. The highest BCUT2D eigenvalue weighted by Crippen LogP contribution is 2.25. The van der Waals surface area contributed by atoms with Gasteiger partial charge in [-0.3, -0.25) is 25.0 Å². The van der Waals surface area contributed by atoms with E-state index in [-0.39, 0.29) is 22.7 Å². The molecule has 0 atom stereocenters. The van der Waals surface area contributed by atoms with Crippen LogP contribution in [0.5, 0.6) is 11.5 Å². The molecule has 4 aromatic rings. The number of carbonyl (C=O) groups is 2. The van der Waals surface area contributed by atoms with Gasteiger partial charge in [0.05, 0.1) is 22.0 Å². The zero-order chi connectivity index (χ0) is 38.8. The van der Waals surface area contributed by atoms with E-state index >= 15 is 0 Å². The molecule has 0 aliphatic heterocycles. The van der Waals surface area contributed by atoms with E-state index in [1.54, 1.807) is 45.9 Å². The van der Waals surface area contributed by atoms with Gasteiger partial charge in [0, 0.05) is 28.8 Å². The number of aromatic hydroxyl groups is 1. The average Bonchev–Trinajstić information content (AvgIpc) is 3.08. The van der Waals surface area contributed by atoms with E-state index in [0.717, 1.165) is 41.5 Å². The molecule has 52 heavy (non-hydrogen) atoms. The topological polar surface area (TPSA) is 170 Å². The number of Topliss-reactive ketones (excluding diaryl/α,β-unsaturated/α-hetero) is 1. The lowest BCUT2D eigenvalue weighted by molar-refractivity contribution is -0.385. The number of unbranched alkanes of at least 4 members (excludes halogenated alkanes) is 7. The molecule has 4 rings (SSSR count). The van der Waals surface area contributed by atoms with Crippen molar-refractivity contribution in [2.75, 3.05) is 6.61 Å². The number of phenolic OH excluding ortho intramolecular Hbond substituents is 1. The Morgan fingerprint density at radius 3 is 1.50 bits per heavy atom. The zero-order valence-electron chi connectivity index (χ0n) is 30.9. The molecule has 0 fully saturated rings. The molecule has 0 spiro atoms. The third-order valence-corrected chi connectivity index (χ3v) is 8.41. The molecular weight excluding hydrogens is 664 g/mol. The minimum Gasteiger partial charge on any atom is -0.508 e. The minimum absolute atomic E-state index is 0.000741. The number of carboxylic acids is 1. The quantitative estimate of drug-likeness (QED) is 0.0526. The second-order valence-corrected chi connectivity index (χ2v) is 12.7. The van der Waals surface area contributed by atoms with Crippen molar-refractivity contribution in [3.05, 3.63) is 126 Å². The van der Waals surface area contributed by atoms with Crippen LogP contribution in [0.4, 0.5) is 11.4 Å². The van der Waals surface area contributed by atoms with Gasteiger partial charge in [-0.2, -0.15) is 0 Å². The van der Waals surface area contributed by atoms with Crippen molar-refractivity contribution >= 4 is 23.1 Å². The minimum atomic E-state index is -1.15. The molecule has 278 valence electrons. The lowest BCUT2D eigenvalue weighted by Gasteiger charge is -2.08. The van der Waals surface area contributed by atoms with E-state index in [4.69, 9.17) is 9.84 Å². The highest BCUT2D eigenvalue weighted by atomic mass is 16.6. The molecule has 0 radical (unpaired) electrons. The van der Waals surface area contributed by atoms with Gasteiger partial charge >= 0.3 is 5.97 Å². The Morgan fingerprint density at radius 1 is 0.635 bits per heavy atom. The third kappa shape index (κ3) is 14.0. The molecule has 2 N–H and O–H groups in total. The predicted molar refractivity (Wildman–Crippen MR) is 204 cm³/mol. The zero-order valence-corrected chi connectivity index (χ0v) is 30.9. The second-order valence-electron chi connectivity index (χ2n) is 12.7. The van der Waals surface area contributed by atoms with Gasteiger partial charge in [-0.25, -0.2) is 4.79 Å². The number of rotatable bonds is 15. The monoisotopic (exact) mass is 714 g/mol. The molecule has 0 saturated carbocycles. The summed E-state index contributed by atoms with van der Waals surface area (Å²) in [4.78, 5) is 41.9. The predicted octanol–water partition coefficient (Wildman–Crippen LogP) is 10.9. The molecule has 4 aromatic carbocycles. The average molecular weight is 715 g/mol. The number of nitro groups is 2. The van der Waals surface area contributed by atoms with E-state index in [0.29, 0.717) is 28.0 Å². The number of aromatic carboxylic acids is 1. The molecule has 11 nitrogen and oxygen atoms in total. The molecule has 0 heterocycles. The maximum absolute atomic E-state index is 11.1. The van der Waals surface area contributed by atoms with Crippen molar-refractivity contribution in [2.45, 2.75) is 92.9 Å². The highest BCUT2D eigenvalue weighted by Gasteiger charge is 2.17. The number of hydrogen-bond donors (Lipinski definition) is 2. The molecular formula is C41H50N2O9. The number of hydrogen-bond acceptors (Lipinski definition) is 8. The smallest absolute Gasteiger partial charge is 0.336 e. The van der Waals surface area contributed by atoms with Gasteiger partial charge in [-0.15, -0.1) is 0 Å². The summed E-state index contributed by atoms with van der Waals surface area (Å²) in [5.74, 6) is -0.0688. The standard InChI is InChI=1S/C22H30O2.C10H11NO3.C9H9NO4/c1-2-3-4-5-6-7-8-9-18-24-22-16-12-20(13-17-22)19-10-14-21(23)15-11-19;1-6-4-7(2)10(11(13)14)5-9(6)8(3)12;1-5-3-6(2)8(10(13)14)4-7(5)9(11)12/h10-17,23H,2-9,18H2,1H3;4-5H,1-3H3;3-4H,1-2H3,(H,11,12). The van der Waals surface area contributed by atoms with Crippen molar-refractivity contribution in [2.24, 2.45) is 0 Å². The third-order valence-electron chi connectivity index (χ3n) is 8.41. The number of benzene rings is 4. The van der Waals surface area contributed by atoms with Gasteiger partial charge in [0.15, 0.2) is 5.78 Å². The van der Waals surface area contributed by atoms with Gasteiger partial charge in [0.2, 0.25) is 0 Å². The maximum atomic E-state index is 11.1. The summed E-state index contributed by atoms with van der Waals surface area (Å²) in [6.45, 7) is 11.1. The summed E-state index contributed by atoms with van der Waals surface area (Å²) in [6, 6.07) is 21.0. The molecule has 11 heteroatoms. The first-order valence-electron chi connectivity index (χ1n) is 17.4. The van der Waals surface area contributed by atoms with Crippen LogP contribution in [0.15, 0.2) is 72.8 Å². The summed E-state index contributed by atoms with van der Waals surface area (Å²) in [5, 5.41) is 39.2. The Bertz CT molecular complexity index is 1650. The highest BCUT2D eigenvalue weighted by molar-refractivity contribution is 5.96. The summed E-state index contributed by atoms with van der Waals surface area (Å²) >= 11 is 0. The van der Waals surface area contributed by atoms with Crippen molar-refractivity contribution in [3.63, 3.8) is 0 Å². The molecule has 0 saturated heterocycles. The number of carboxylic acid groups (broad SMARTS) is 1. The van der Waals surface area contributed by atoms with E-state index in [1.807, 2.05) is 24.3 Å². The molecule has 0 aliphatic rings. The Labute approximate surface area is 305 Å².